The standard InChI is InChI=1S/C6H15O2PS/c1-5-8-9(4,7)10-6(2)3/h6H,5H2,1-4H3. The largest absolute Gasteiger partial charge is 0.322 e. The number of hydrogen-bond donors (Lipinski definition) is 0. The molecule has 0 saturated heterocycles. The van der Waals surface area contributed by atoms with Crippen LogP contribution in [0.15, 0.2) is 0 Å². The maximum Gasteiger partial charge on any atom is 0.254 e. The first-order valence-corrected chi connectivity index (χ1v) is 6.94. The highest BCUT2D eigenvalue weighted by Gasteiger charge is 2.17. The fraction of sp³-hybridized carbons (Fsp3) is 1.00. The summed E-state index contributed by atoms with van der Waals surface area (Å²) >= 11 is 1.41. The van der Waals surface area contributed by atoms with Crippen LogP contribution in [0.2, 0.25) is 0 Å². The van der Waals surface area contributed by atoms with Gasteiger partial charge >= 0.3 is 0 Å². The van der Waals surface area contributed by atoms with E-state index < -0.39 is 6.57 Å². The SMILES string of the molecule is CCOP(C)(=O)SC(C)C. The molecule has 0 bridgehead atoms. The van der Waals surface area contributed by atoms with Crippen molar-refractivity contribution in [3.05, 3.63) is 0 Å². The van der Waals surface area contributed by atoms with Crippen molar-refractivity contribution in [1.29, 1.82) is 0 Å². The third kappa shape index (κ3) is 5.33. The molecule has 0 fully saturated rings. The molecule has 4 heteroatoms. The Morgan fingerprint density at radius 1 is 1.60 bits per heavy atom. The van der Waals surface area contributed by atoms with Gasteiger partial charge < -0.3 is 4.52 Å². The van der Waals surface area contributed by atoms with E-state index in [1.807, 2.05) is 20.8 Å². The molecular formula is C6H15O2PS. The Bertz CT molecular complexity index is 136. The van der Waals surface area contributed by atoms with E-state index in [4.69, 9.17) is 4.52 Å². The fourth-order valence-electron chi connectivity index (χ4n) is 0.648. The Balaban J connectivity index is 3.75. The van der Waals surface area contributed by atoms with E-state index in [9.17, 15) is 4.57 Å². The molecule has 0 aliphatic rings. The van der Waals surface area contributed by atoms with Gasteiger partial charge in [-0.1, -0.05) is 25.2 Å². The molecule has 10 heavy (non-hydrogen) atoms. The summed E-state index contributed by atoms with van der Waals surface area (Å²) in [7, 11) is 0. The van der Waals surface area contributed by atoms with Crippen molar-refractivity contribution in [1.82, 2.24) is 0 Å². The predicted octanol–water partition coefficient (Wildman–Crippen LogP) is 2.99. The van der Waals surface area contributed by atoms with Gasteiger partial charge in [-0.05, 0) is 6.92 Å². The lowest BCUT2D eigenvalue weighted by Crippen LogP contribution is -1.89. The molecule has 0 amide bonds. The molecule has 0 aliphatic heterocycles. The molecule has 2 nitrogen and oxygen atoms in total. The van der Waals surface area contributed by atoms with Crippen molar-refractivity contribution in [2.45, 2.75) is 26.0 Å². The molecule has 0 aromatic rings. The maximum absolute atomic E-state index is 11.4. The van der Waals surface area contributed by atoms with Crippen molar-refractivity contribution in [3.63, 3.8) is 0 Å². The average molecular weight is 182 g/mol. The average Bonchev–Trinajstić information content (AvgIpc) is 1.59. The lowest BCUT2D eigenvalue weighted by Gasteiger charge is -2.13. The van der Waals surface area contributed by atoms with E-state index in [0.717, 1.165) is 0 Å². The van der Waals surface area contributed by atoms with Gasteiger partial charge in [0.2, 0.25) is 0 Å². The van der Waals surface area contributed by atoms with Crippen molar-refractivity contribution >= 4 is 18.0 Å². The van der Waals surface area contributed by atoms with Gasteiger partial charge in [0, 0.05) is 11.9 Å². The highest BCUT2D eigenvalue weighted by atomic mass is 32.7. The van der Waals surface area contributed by atoms with Crippen molar-refractivity contribution in [3.8, 4) is 0 Å². The fourth-order valence-corrected chi connectivity index (χ4v) is 4.74. The van der Waals surface area contributed by atoms with Crippen LogP contribution in [0.4, 0.5) is 0 Å². The van der Waals surface area contributed by atoms with E-state index in [0.29, 0.717) is 11.9 Å². The summed E-state index contributed by atoms with van der Waals surface area (Å²) in [6.07, 6.45) is 0. The molecule has 1 unspecified atom stereocenters. The van der Waals surface area contributed by atoms with Gasteiger partial charge in [0.15, 0.2) is 0 Å². The first-order chi connectivity index (χ1) is 4.48. The maximum atomic E-state index is 11.4. The van der Waals surface area contributed by atoms with E-state index in [1.165, 1.54) is 11.4 Å². The van der Waals surface area contributed by atoms with Gasteiger partial charge in [-0.3, -0.25) is 4.57 Å². The Kier molecular flexibility index (Phi) is 4.66. The smallest absolute Gasteiger partial charge is 0.254 e. The molecule has 0 heterocycles. The van der Waals surface area contributed by atoms with Gasteiger partial charge in [-0.2, -0.15) is 0 Å². The normalized spacial score (nSPS) is 17.3. The van der Waals surface area contributed by atoms with Gasteiger partial charge in [0.05, 0.1) is 6.61 Å². The Morgan fingerprint density at radius 2 is 2.10 bits per heavy atom. The Labute approximate surface area is 66.9 Å². The van der Waals surface area contributed by atoms with Crippen LogP contribution in [0.5, 0.6) is 0 Å². The van der Waals surface area contributed by atoms with E-state index in [-0.39, 0.29) is 0 Å². The third-order valence-electron chi connectivity index (χ3n) is 0.766. The second-order valence-electron chi connectivity index (χ2n) is 2.34. The van der Waals surface area contributed by atoms with Crippen LogP contribution in [-0.2, 0) is 9.09 Å². The lowest BCUT2D eigenvalue weighted by atomic mass is 10.6. The van der Waals surface area contributed by atoms with Crippen LogP contribution in [0, 0.1) is 0 Å². The number of hydrogen-bond acceptors (Lipinski definition) is 3. The van der Waals surface area contributed by atoms with Crippen molar-refractivity contribution in [2.24, 2.45) is 0 Å². The van der Waals surface area contributed by atoms with Crippen LogP contribution in [-0.4, -0.2) is 18.5 Å². The van der Waals surface area contributed by atoms with Crippen LogP contribution in [0.25, 0.3) is 0 Å². The summed E-state index contributed by atoms with van der Waals surface area (Å²) in [6, 6.07) is 0. The molecule has 62 valence electrons. The third-order valence-corrected chi connectivity index (χ3v) is 5.03. The molecule has 1 atom stereocenters. The number of rotatable bonds is 4. The Hall–Kier alpha value is 0.540. The highest BCUT2D eigenvalue weighted by molar-refractivity contribution is 8.56. The van der Waals surface area contributed by atoms with Gasteiger partial charge in [0.1, 0.15) is 0 Å². The highest BCUT2D eigenvalue weighted by Crippen LogP contribution is 2.57. The summed E-state index contributed by atoms with van der Waals surface area (Å²) in [6.45, 7) is 5.76. The summed E-state index contributed by atoms with van der Waals surface area (Å²) in [5.41, 5.74) is 0. The molecular weight excluding hydrogens is 167 g/mol. The second-order valence-corrected chi connectivity index (χ2v) is 7.92. The molecule has 0 radical (unpaired) electrons. The zero-order chi connectivity index (χ0) is 8.20. The molecule has 0 rings (SSSR count). The van der Waals surface area contributed by atoms with Crippen LogP contribution in [0.3, 0.4) is 0 Å². The zero-order valence-corrected chi connectivity index (χ0v) is 8.67. The molecule has 0 saturated carbocycles. The monoisotopic (exact) mass is 182 g/mol. The summed E-state index contributed by atoms with van der Waals surface area (Å²) < 4.78 is 16.4. The topological polar surface area (TPSA) is 26.3 Å². The first kappa shape index (κ1) is 10.5. The van der Waals surface area contributed by atoms with Crippen molar-refractivity contribution in [2.75, 3.05) is 13.3 Å². The van der Waals surface area contributed by atoms with Crippen LogP contribution < -0.4 is 0 Å². The Morgan fingerprint density at radius 3 is 2.40 bits per heavy atom. The minimum Gasteiger partial charge on any atom is -0.322 e. The van der Waals surface area contributed by atoms with Gasteiger partial charge in [-0.15, -0.1) is 0 Å². The lowest BCUT2D eigenvalue weighted by molar-refractivity contribution is 0.350. The minimum atomic E-state index is -2.33. The molecule has 0 spiro atoms. The molecule has 0 aromatic carbocycles. The summed E-state index contributed by atoms with van der Waals surface area (Å²) in [5, 5.41) is 0.377. The first-order valence-electron chi connectivity index (χ1n) is 3.38. The van der Waals surface area contributed by atoms with Gasteiger partial charge in [-0.25, -0.2) is 0 Å². The summed E-state index contributed by atoms with van der Waals surface area (Å²) in [4.78, 5) is 0. The van der Waals surface area contributed by atoms with E-state index in [2.05, 4.69) is 0 Å². The van der Waals surface area contributed by atoms with Crippen LogP contribution in [0.1, 0.15) is 20.8 Å². The van der Waals surface area contributed by atoms with Crippen molar-refractivity contribution < 1.29 is 9.09 Å². The molecule has 0 aliphatic carbocycles. The zero-order valence-electron chi connectivity index (χ0n) is 6.96. The molecule has 0 N–H and O–H groups in total. The second kappa shape index (κ2) is 4.42. The predicted molar refractivity (Wildman–Crippen MR) is 47.9 cm³/mol. The summed E-state index contributed by atoms with van der Waals surface area (Å²) in [5.74, 6) is 0. The van der Waals surface area contributed by atoms with Gasteiger partial charge in [0.25, 0.3) is 6.57 Å². The minimum absolute atomic E-state index is 0.377. The van der Waals surface area contributed by atoms with Crippen LogP contribution >= 0.6 is 18.0 Å². The molecule has 0 aromatic heterocycles. The quantitative estimate of drug-likeness (QED) is 0.625. The van der Waals surface area contributed by atoms with E-state index in [1.54, 1.807) is 6.66 Å². The van der Waals surface area contributed by atoms with E-state index >= 15 is 0 Å².